The number of anilines is 1. The Hall–Kier alpha value is -2.77. The van der Waals surface area contributed by atoms with Crippen LogP contribution in [-0.2, 0) is 20.7 Å². The summed E-state index contributed by atoms with van der Waals surface area (Å²) in [7, 11) is 0. The van der Waals surface area contributed by atoms with E-state index < -0.39 is 11.9 Å². The van der Waals surface area contributed by atoms with Crippen LogP contribution in [0.25, 0.3) is 10.6 Å². The lowest BCUT2D eigenvalue weighted by Gasteiger charge is -2.06. The zero-order chi connectivity index (χ0) is 18.4. The Bertz CT molecular complexity index is 915. The number of hydrogen-bond acceptors (Lipinski definition) is 6. The number of thiazole rings is 1. The third-order valence-corrected chi connectivity index (χ3v) is 4.43. The van der Waals surface area contributed by atoms with Crippen molar-refractivity contribution in [2.75, 3.05) is 11.9 Å². The van der Waals surface area contributed by atoms with Crippen LogP contribution in [0.1, 0.15) is 5.69 Å². The van der Waals surface area contributed by atoms with Crippen molar-refractivity contribution in [3.63, 3.8) is 0 Å². The van der Waals surface area contributed by atoms with E-state index in [1.807, 2.05) is 12.1 Å². The fraction of sp³-hybridized carbons (Fsp3) is 0.111. The normalized spacial score (nSPS) is 10.3. The first kappa shape index (κ1) is 18.0. The number of amides is 1. The van der Waals surface area contributed by atoms with Gasteiger partial charge in [-0.2, -0.15) is 0 Å². The van der Waals surface area contributed by atoms with E-state index in [0.717, 1.165) is 10.6 Å². The van der Waals surface area contributed by atoms with E-state index in [9.17, 15) is 9.59 Å². The molecule has 2 heterocycles. The fourth-order valence-corrected chi connectivity index (χ4v) is 3.12. The number of benzene rings is 1. The number of rotatable bonds is 6. The second-order valence-corrected chi connectivity index (χ2v) is 6.58. The highest BCUT2D eigenvalue weighted by molar-refractivity contribution is 7.13. The molecular weight excluding hydrogens is 374 g/mol. The lowest BCUT2D eigenvalue weighted by Crippen LogP contribution is -2.21. The number of carbonyl (C=O) groups is 2. The number of carbonyl (C=O) groups excluding carboxylic acids is 2. The number of ether oxygens (including phenoxy) is 1. The number of nitrogens with zero attached hydrogens (tertiary/aromatic N) is 2. The van der Waals surface area contributed by atoms with Gasteiger partial charge in [-0.15, -0.1) is 11.3 Å². The zero-order valence-electron chi connectivity index (χ0n) is 13.5. The molecule has 6 nitrogen and oxygen atoms in total. The van der Waals surface area contributed by atoms with Crippen molar-refractivity contribution >= 4 is 40.5 Å². The first-order chi connectivity index (χ1) is 12.6. The topological polar surface area (TPSA) is 81.2 Å². The Morgan fingerprint density at radius 2 is 2.12 bits per heavy atom. The summed E-state index contributed by atoms with van der Waals surface area (Å²) in [6, 6.07) is 10.4. The number of nitrogens with one attached hydrogen (secondary N) is 1. The maximum absolute atomic E-state index is 11.9. The SMILES string of the molecule is O=C(COC(=O)Cc1csc(-c2cccnc2)n1)Nc1cccc(Cl)c1. The van der Waals surface area contributed by atoms with Gasteiger partial charge in [0, 0.05) is 34.0 Å². The van der Waals surface area contributed by atoms with Crippen molar-refractivity contribution in [3.8, 4) is 10.6 Å². The highest BCUT2D eigenvalue weighted by atomic mass is 35.5. The van der Waals surface area contributed by atoms with Crippen LogP contribution in [0, 0.1) is 0 Å². The molecule has 0 spiro atoms. The van der Waals surface area contributed by atoms with Crippen LogP contribution in [-0.4, -0.2) is 28.5 Å². The Balaban J connectivity index is 1.48. The Morgan fingerprint density at radius 1 is 1.23 bits per heavy atom. The summed E-state index contributed by atoms with van der Waals surface area (Å²) in [5, 5.41) is 5.68. The molecule has 0 unspecified atom stereocenters. The second-order valence-electron chi connectivity index (χ2n) is 5.28. The van der Waals surface area contributed by atoms with E-state index >= 15 is 0 Å². The predicted octanol–water partition coefficient (Wildman–Crippen LogP) is 3.58. The summed E-state index contributed by atoms with van der Waals surface area (Å²) < 4.78 is 4.99. The molecule has 3 rings (SSSR count). The summed E-state index contributed by atoms with van der Waals surface area (Å²) in [6.45, 7) is -0.370. The van der Waals surface area contributed by atoms with Crippen molar-refractivity contribution in [3.05, 3.63) is 64.9 Å². The first-order valence-electron chi connectivity index (χ1n) is 7.66. The molecule has 26 heavy (non-hydrogen) atoms. The summed E-state index contributed by atoms with van der Waals surface area (Å²) in [5.41, 5.74) is 2.02. The molecule has 2 aromatic heterocycles. The van der Waals surface area contributed by atoms with Gasteiger partial charge in [-0.1, -0.05) is 17.7 Å². The highest BCUT2D eigenvalue weighted by Gasteiger charge is 2.12. The largest absolute Gasteiger partial charge is 0.455 e. The Kier molecular flexibility index (Phi) is 5.93. The van der Waals surface area contributed by atoms with Crippen molar-refractivity contribution in [1.29, 1.82) is 0 Å². The van der Waals surface area contributed by atoms with E-state index in [2.05, 4.69) is 15.3 Å². The molecule has 0 saturated carbocycles. The number of hydrogen-bond donors (Lipinski definition) is 1. The lowest BCUT2D eigenvalue weighted by molar-refractivity contribution is -0.146. The summed E-state index contributed by atoms with van der Waals surface area (Å²) in [4.78, 5) is 32.1. The van der Waals surface area contributed by atoms with E-state index in [1.54, 1.807) is 42.0 Å². The minimum atomic E-state index is -0.519. The first-order valence-corrected chi connectivity index (χ1v) is 8.92. The number of esters is 1. The van der Waals surface area contributed by atoms with Gasteiger partial charge in [-0.05, 0) is 30.3 Å². The highest BCUT2D eigenvalue weighted by Crippen LogP contribution is 2.22. The zero-order valence-corrected chi connectivity index (χ0v) is 15.1. The molecule has 1 N–H and O–H groups in total. The van der Waals surface area contributed by atoms with Crippen LogP contribution in [0.3, 0.4) is 0 Å². The third kappa shape index (κ3) is 5.11. The molecule has 132 valence electrons. The van der Waals surface area contributed by atoms with Crippen molar-refractivity contribution < 1.29 is 14.3 Å². The molecule has 0 atom stereocenters. The molecule has 0 aliphatic rings. The maximum atomic E-state index is 11.9. The van der Waals surface area contributed by atoms with Gasteiger partial charge < -0.3 is 10.1 Å². The molecule has 0 bridgehead atoms. The van der Waals surface area contributed by atoms with Crippen molar-refractivity contribution in [2.45, 2.75) is 6.42 Å². The minimum Gasteiger partial charge on any atom is -0.455 e. The predicted molar refractivity (Wildman–Crippen MR) is 100 cm³/mol. The summed E-state index contributed by atoms with van der Waals surface area (Å²) in [6.07, 6.45) is 3.39. The molecule has 8 heteroatoms. The molecule has 0 radical (unpaired) electrons. The third-order valence-electron chi connectivity index (χ3n) is 3.26. The average molecular weight is 388 g/mol. The van der Waals surface area contributed by atoms with Crippen molar-refractivity contribution in [1.82, 2.24) is 9.97 Å². The Labute approximate surface area is 158 Å². The maximum Gasteiger partial charge on any atom is 0.312 e. The molecule has 1 aromatic carbocycles. The van der Waals surface area contributed by atoms with Gasteiger partial charge in [0.15, 0.2) is 6.61 Å². The van der Waals surface area contributed by atoms with Crippen LogP contribution in [0.15, 0.2) is 54.2 Å². The lowest BCUT2D eigenvalue weighted by atomic mass is 10.3. The molecule has 3 aromatic rings. The van der Waals surface area contributed by atoms with Crippen LogP contribution in [0.5, 0.6) is 0 Å². The minimum absolute atomic E-state index is 0.00120. The van der Waals surface area contributed by atoms with Crippen LogP contribution >= 0.6 is 22.9 Å². The van der Waals surface area contributed by atoms with E-state index in [1.165, 1.54) is 11.3 Å². The quantitative estimate of drug-likeness (QED) is 0.654. The van der Waals surface area contributed by atoms with Gasteiger partial charge in [-0.3, -0.25) is 14.6 Å². The van der Waals surface area contributed by atoms with Gasteiger partial charge >= 0.3 is 5.97 Å². The molecule has 1 amide bonds. The summed E-state index contributed by atoms with van der Waals surface area (Å²) >= 11 is 7.27. The van der Waals surface area contributed by atoms with Gasteiger partial charge in [0.05, 0.1) is 12.1 Å². The van der Waals surface area contributed by atoms with Gasteiger partial charge in [0.25, 0.3) is 5.91 Å². The monoisotopic (exact) mass is 387 g/mol. The molecule has 0 saturated heterocycles. The molecule has 0 fully saturated rings. The van der Waals surface area contributed by atoms with Crippen LogP contribution in [0.4, 0.5) is 5.69 Å². The van der Waals surface area contributed by atoms with Crippen LogP contribution in [0.2, 0.25) is 5.02 Å². The van der Waals surface area contributed by atoms with Gasteiger partial charge in [0.2, 0.25) is 0 Å². The van der Waals surface area contributed by atoms with E-state index in [4.69, 9.17) is 16.3 Å². The summed E-state index contributed by atoms with van der Waals surface area (Å²) in [5.74, 6) is -0.954. The van der Waals surface area contributed by atoms with E-state index in [-0.39, 0.29) is 13.0 Å². The number of halogens is 1. The fourth-order valence-electron chi connectivity index (χ4n) is 2.12. The van der Waals surface area contributed by atoms with Gasteiger partial charge in [0.1, 0.15) is 5.01 Å². The van der Waals surface area contributed by atoms with E-state index in [0.29, 0.717) is 16.4 Å². The van der Waals surface area contributed by atoms with Crippen LogP contribution < -0.4 is 5.32 Å². The number of aromatic nitrogens is 2. The smallest absolute Gasteiger partial charge is 0.312 e. The molecular formula is C18H14ClN3O3S. The standard InChI is InChI=1S/C18H14ClN3O3S/c19-13-4-1-5-14(7-13)21-16(23)10-25-17(24)8-15-11-26-18(22-15)12-3-2-6-20-9-12/h1-7,9,11H,8,10H2,(H,21,23). The molecule has 0 aliphatic heterocycles. The second kappa shape index (κ2) is 8.55. The molecule has 0 aliphatic carbocycles. The van der Waals surface area contributed by atoms with Crippen molar-refractivity contribution in [2.24, 2.45) is 0 Å². The average Bonchev–Trinajstić information content (AvgIpc) is 3.09. The Morgan fingerprint density at radius 3 is 2.88 bits per heavy atom. The number of pyridine rings is 1. The van der Waals surface area contributed by atoms with Gasteiger partial charge in [-0.25, -0.2) is 4.98 Å².